The molecular weight excluding hydrogens is 390 g/mol. The molecule has 0 radical (unpaired) electrons. The number of ether oxygens (including phenoxy) is 2. The lowest BCUT2D eigenvalue weighted by molar-refractivity contribution is -0.144. The van der Waals surface area contributed by atoms with Gasteiger partial charge >= 0.3 is 11.9 Å². The van der Waals surface area contributed by atoms with Gasteiger partial charge in [0.15, 0.2) is 0 Å². The van der Waals surface area contributed by atoms with E-state index in [-0.39, 0.29) is 31.9 Å². The first-order valence-corrected chi connectivity index (χ1v) is 7.40. The van der Waals surface area contributed by atoms with Gasteiger partial charge in [0.1, 0.15) is 16.5 Å². The Balaban J connectivity index is 1.95. The predicted molar refractivity (Wildman–Crippen MR) is 84.4 cm³/mol. The van der Waals surface area contributed by atoms with Crippen molar-refractivity contribution in [1.82, 2.24) is 9.97 Å². The normalized spacial score (nSPS) is 10.3. The second-order valence-electron chi connectivity index (χ2n) is 4.01. The summed E-state index contributed by atoms with van der Waals surface area (Å²) in [4.78, 5) is 30.8. The monoisotopic (exact) mass is 394 g/mol. The summed E-state index contributed by atoms with van der Waals surface area (Å²) in [5, 5.41) is 0.610. The van der Waals surface area contributed by atoms with Crippen molar-refractivity contribution in [2.24, 2.45) is 0 Å². The van der Waals surface area contributed by atoms with Gasteiger partial charge in [0.25, 0.3) is 0 Å². The van der Waals surface area contributed by atoms with Crippen molar-refractivity contribution in [2.45, 2.75) is 6.42 Å². The van der Waals surface area contributed by atoms with Crippen LogP contribution in [-0.4, -0.2) is 21.9 Å². The van der Waals surface area contributed by atoms with Gasteiger partial charge in [0, 0.05) is 12.4 Å². The number of rotatable bonds is 4. The summed E-state index contributed by atoms with van der Waals surface area (Å²) in [5.41, 5.74) is 0. The Morgan fingerprint density at radius 1 is 0.826 bits per heavy atom. The Morgan fingerprint density at radius 3 is 1.57 bits per heavy atom. The van der Waals surface area contributed by atoms with Crippen LogP contribution in [0, 0.1) is 0 Å². The van der Waals surface area contributed by atoms with E-state index in [9.17, 15) is 9.59 Å². The first-order chi connectivity index (χ1) is 10.8. The molecule has 2 aromatic rings. The molecule has 0 saturated heterocycles. The Hall–Kier alpha value is -1.60. The number of esters is 2. The van der Waals surface area contributed by atoms with Crippen LogP contribution in [-0.2, 0) is 9.59 Å². The van der Waals surface area contributed by atoms with Crippen molar-refractivity contribution in [3.63, 3.8) is 0 Å². The average Bonchev–Trinajstić information content (AvgIpc) is 2.45. The standard InChI is InChI=1S/C13H6Cl4N2O4/c14-6-1-8(16)12(18-4-6)22-10(20)3-11(21)23-13-9(17)2-7(15)5-19-13/h1-2,4-5H,3H2. The zero-order valence-electron chi connectivity index (χ0n) is 11.1. The summed E-state index contributed by atoms with van der Waals surface area (Å²) < 4.78 is 9.68. The lowest BCUT2D eigenvalue weighted by Gasteiger charge is -2.06. The van der Waals surface area contributed by atoms with Gasteiger partial charge in [-0.15, -0.1) is 0 Å². The van der Waals surface area contributed by atoms with E-state index in [4.69, 9.17) is 55.9 Å². The fraction of sp³-hybridized carbons (Fsp3) is 0.0769. The summed E-state index contributed by atoms with van der Waals surface area (Å²) in [7, 11) is 0. The van der Waals surface area contributed by atoms with E-state index in [2.05, 4.69) is 9.97 Å². The predicted octanol–water partition coefficient (Wildman–Crippen LogP) is 3.99. The third-order valence-electron chi connectivity index (χ3n) is 2.26. The molecule has 6 nitrogen and oxygen atoms in total. The highest BCUT2D eigenvalue weighted by Gasteiger charge is 2.18. The molecule has 0 spiro atoms. The van der Waals surface area contributed by atoms with E-state index in [1.165, 1.54) is 24.5 Å². The highest BCUT2D eigenvalue weighted by atomic mass is 35.5. The molecule has 0 bridgehead atoms. The van der Waals surface area contributed by atoms with Gasteiger partial charge in [-0.1, -0.05) is 46.4 Å². The summed E-state index contributed by atoms with van der Waals surface area (Å²) in [6.07, 6.45) is 1.79. The molecule has 23 heavy (non-hydrogen) atoms. The second kappa shape index (κ2) is 7.79. The molecule has 0 aromatic carbocycles. The topological polar surface area (TPSA) is 78.4 Å². The maximum absolute atomic E-state index is 11.7. The minimum absolute atomic E-state index is 0.0293. The minimum atomic E-state index is -0.920. The van der Waals surface area contributed by atoms with Crippen molar-refractivity contribution < 1.29 is 19.1 Å². The number of carbonyl (C=O) groups is 2. The molecule has 120 valence electrons. The molecule has 0 unspecified atom stereocenters. The number of halogens is 4. The van der Waals surface area contributed by atoms with E-state index >= 15 is 0 Å². The molecule has 0 N–H and O–H groups in total. The summed E-state index contributed by atoms with van der Waals surface area (Å²) in [6.45, 7) is 0. The van der Waals surface area contributed by atoms with Crippen molar-refractivity contribution in [3.05, 3.63) is 44.6 Å². The van der Waals surface area contributed by atoms with Crippen molar-refractivity contribution in [3.8, 4) is 11.8 Å². The summed E-state index contributed by atoms with van der Waals surface area (Å²) >= 11 is 22.9. The van der Waals surface area contributed by atoms with Crippen molar-refractivity contribution in [1.29, 1.82) is 0 Å². The van der Waals surface area contributed by atoms with Crippen molar-refractivity contribution >= 4 is 58.3 Å². The molecule has 0 atom stereocenters. The molecule has 2 rings (SSSR count). The minimum Gasteiger partial charge on any atom is -0.405 e. The molecule has 2 heterocycles. The molecule has 0 aliphatic rings. The molecule has 0 saturated carbocycles. The van der Waals surface area contributed by atoms with Gasteiger partial charge in [0.2, 0.25) is 11.8 Å². The van der Waals surface area contributed by atoms with E-state index in [1.54, 1.807) is 0 Å². The number of hydrogen-bond acceptors (Lipinski definition) is 6. The molecule has 0 aliphatic heterocycles. The molecule has 0 fully saturated rings. The Kier molecular flexibility index (Phi) is 6.01. The smallest absolute Gasteiger partial charge is 0.323 e. The van der Waals surface area contributed by atoms with Crippen molar-refractivity contribution in [2.75, 3.05) is 0 Å². The number of pyridine rings is 2. The third kappa shape index (κ3) is 5.21. The number of aromatic nitrogens is 2. The highest BCUT2D eigenvalue weighted by Crippen LogP contribution is 2.26. The zero-order valence-corrected chi connectivity index (χ0v) is 14.1. The lowest BCUT2D eigenvalue weighted by Crippen LogP contribution is -2.19. The van der Waals surface area contributed by atoms with Gasteiger partial charge < -0.3 is 9.47 Å². The largest absolute Gasteiger partial charge is 0.405 e. The SMILES string of the molecule is O=C(CC(=O)Oc1ncc(Cl)cc1Cl)Oc1ncc(Cl)cc1Cl. The Morgan fingerprint density at radius 2 is 1.22 bits per heavy atom. The Labute approximate surface area is 150 Å². The van der Waals surface area contributed by atoms with E-state index in [1.807, 2.05) is 0 Å². The van der Waals surface area contributed by atoms with Crippen LogP contribution in [0.4, 0.5) is 0 Å². The number of carbonyl (C=O) groups excluding carboxylic acids is 2. The summed E-state index contributed by atoms with van der Waals surface area (Å²) in [5.74, 6) is -2.18. The van der Waals surface area contributed by atoms with Gasteiger partial charge in [-0.2, -0.15) is 0 Å². The molecule has 2 aromatic heterocycles. The fourth-order valence-corrected chi connectivity index (χ4v) is 2.20. The maximum atomic E-state index is 11.7. The van der Waals surface area contributed by atoms with Crippen LogP contribution in [0.3, 0.4) is 0 Å². The second-order valence-corrected chi connectivity index (χ2v) is 5.69. The first-order valence-electron chi connectivity index (χ1n) is 5.88. The first kappa shape index (κ1) is 17.7. The molecule has 10 heteroatoms. The molecule has 0 aliphatic carbocycles. The van der Waals surface area contributed by atoms with Gasteiger partial charge in [-0.05, 0) is 12.1 Å². The van der Waals surface area contributed by atoms with Crippen LogP contribution in [0.25, 0.3) is 0 Å². The van der Waals surface area contributed by atoms with Crippen LogP contribution < -0.4 is 9.47 Å². The zero-order chi connectivity index (χ0) is 17.0. The fourth-order valence-electron chi connectivity index (χ4n) is 1.36. The average molecular weight is 396 g/mol. The summed E-state index contributed by atoms with van der Waals surface area (Å²) in [6, 6.07) is 2.68. The highest BCUT2D eigenvalue weighted by molar-refractivity contribution is 6.35. The van der Waals surface area contributed by atoms with Gasteiger partial charge in [-0.3, -0.25) is 9.59 Å². The van der Waals surface area contributed by atoms with Crippen LogP contribution in [0.15, 0.2) is 24.5 Å². The van der Waals surface area contributed by atoms with Gasteiger partial charge in [0.05, 0.1) is 10.0 Å². The maximum Gasteiger partial charge on any atom is 0.323 e. The molecule has 0 amide bonds. The van der Waals surface area contributed by atoms with Crippen LogP contribution in [0.2, 0.25) is 20.1 Å². The molecular formula is C13H6Cl4N2O4. The third-order valence-corrected chi connectivity index (χ3v) is 3.21. The van der Waals surface area contributed by atoms with Gasteiger partial charge in [-0.25, -0.2) is 9.97 Å². The quantitative estimate of drug-likeness (QED) is 0.575. The lowest BCUT2D eigenvalue weighted by atomic mass is 10.4. The van der Waals surface area contributed by atoms with E-state index < -0.39 is 18.4 Å². The Bertz CT molecular complexity index is 706. The van der Waals surface area contributed by atoms with Crippen LogP contribution >= 0.6 is 46.4 Å². The van der Waals surface area contributed by atoms with E-state index in [0.717, 1.165) is 0 Å². The van der Waals surface area contributed by atoms with Crippen LogP contribution in [0.1, 0.15) is 6.42 Å². The van der Waals surface area contributed by atoms with E-state index in [0.29, 0.717) is 0 Å². The van der Waals surface area contributed by atoms with Crippen LogP contribution in [0.5, 0.6) is 11.8 Å². The number of nitrogens with zero attached hydrogens (tertiary/aromatic N) is 2. The number of hydrogen-bond donors (Lipinski definition) is 0.